The van der Waals surface area contributed by atoms with Crippen LogP contribution in [0.25, 0.3) is 0 Å². The normalized spacial score (nSPS) is 11.9. The number of hydrogen-bond donors (Lipinski definition) is 0. The molecule has 0 heterocycles. The standard InChI is InChI=1S/C18H34NO4/c1-8-18(6,7)17(21)23-14-12-19(9-2,10-3)11-13-22-16(20)15(4)5/h4,8-14H2,1-3,5-7H3/q+1. The summed E-state index contributed by atoms with van der Waals surface area (Å²) in [5.74, 6) is -0.509. The van der Waals surface area contributed by atoms with Crippen molar-refractivity contribution in [2.24, 2.45) is 5.41 Å². The molecule has 0 atom stereocenters. The monoisotopic (exact) mass is 328 g/mol. The Labute approximate surface area is 141 Å². The Morgan fingerprint density at radius 3 is 1.87 bits per heavy atom. The van der Waals surface area contributed by atoms with E-state index >= 15 is 0 Å². The second-order valence-electron chi connectivity index (χ2n) is 6.71. The van der Waals surface area contributed by atoms with E-state index in [0.29, 0.717) is 25.3 Å². The molecule has 0 aromatic heterocycles. The van der Waals surface area contributed by atoms with Gasteiger partial charge in [-0.1, -0.05) is 13.5 Å². The molecule has 5 heteroatoms. The predicted molar refractivity (Wildman–Crippen MR) is 91.9 cm³/mol. The molecule has 0 rings (SSSR count). The summed E-state index contributed by atoms with van der Waals surface area (Å²) >= 11 is 0. The minimum Gasteiger partial charge on any atom is -0.459 e. The quantitative estimate of drug-likeness (QED) is 0.332. The van der Waals surface area contributed by atoms with Gasteiger partial charge >= 0.3 is 11.9 Å². The van der Waals surface area contributed by atoms with E-state index in [1.165, 1.54) is 0 Å². The number of hydrogen-bond acceptors (Lipinski definition) is 4. The summed E-state index contributed by atoms with van der Waals surface area (Å²) < 4.78 is 11.4. The van der Waals surface area contributed by atoms with Gasteiger partial charge in [0, 0.05) is 5.57 Å². The fourth-order valence-corrected chi connectivity index (χ4v) is 2.09. The molecule has 0 N–H and O–H groups in total. The summed E-state index contributed by atoms with van der Waals surface area (Å²) in [7, 11) is 0. The smallest absolute Gasteiger partial charge is 0.333 e. The molecule has 0 aromatic rings. The van der Waals surface area contributed by atoms with E-state index in [1.54, 1.807) is 6.92 Å². The van der Waals surface area contributed by atoms with Gasteiger partial charge in [0.2, 0.25) is 0 Å². The third kappa shape index (κ3) is 7.16. The molecule has 0 saturated heterocycles. The highest BCUT2D eigenvalue weighted by Gasteiger charge is 2.29. The van der Waals surface area contributed by atoms with Gasteiger partial charge in [-0.05, 0) is 41.0 Å². The number of carbonyl (C=O) groups excluding carboxylic acids is 2. The van der Waals surface area contributed by atoms with Crippen LogP contribution in [0, 0.1) is 5.41 Å². The van der Waals surface area contributed by atoms with E-state index in [4.69, 9.17) is 9.47 Å². The highest BCUT2D eigenvalue weighted by Crippen LogP contribution is 2.21. The molecule has 0 aliphatic heterocycles. The van der Waals surface area contributed by atoms with Crippen molar-refractivity contribution < 1.29 is 23.5 Å². The number of rotatable bonds is 11. The maximum absolute atomic E-state index is 12.0. The molecule has 0 spiro atoms. The van der Waals surface area contributed by atoms with Crippen LogP contribution in [0.5, 0.6) is 0 Å². The molecule has 23 heavy (non-hydrogen) atoms. The first kappa shape index (κ1) is 21.6. The Balaban J connectivity index is 4.46. The minimum atomic E-state index is -0.439. The molecule has 0 bridgehead atoms. The van der Waals surface area contributed by atoms with Crippen molar-refractivity contribution in [1.29, 1.82) is 0 Å². The SMILES string of the molecule is C=C(C)C(=O)OCC[N+](CC)(CC)CCOC(=O)C(C)(C)CC. The summed E-state index contributed by atoms with van der Waals surface area (Å²) in [6.07, 6.45) is 0.754. The summed E-state index contributed by atoms with van der Waals surface area (Å²) in [5, 5.41) is 0. The second kappa shape index (κ2) is 9.71. The number of ether oxygens (including phenoxy) is 2. The van der Waals surface area contributed by atoms with Crippen molar-refractivity contribution in [3.05, 3.63) is 12.2 Å². The zero-order valence-corrected chi connectivity index (χ0v) is 15.7. The van der Waals surface area contributed by atoms with Crippen molar-refractivity contribution in [3.8, 4) is 0 Å². The summed E-state index contributed by atoms with van der Waals surface area (Å²) in [4.78, 5) is 23.5. The van der Waals surface area contributed by atoms with Crippen LogP contribution in [0.15, 0.2) is 12.2 Å². The Morgan fingerprint density at radius 1 is 1.00 bits per heavy atom. The molecule has 0 radical (unpaired) electrons. The van der Waals surface area contributed by atoms with Gasteiger partial charge in [0.05, 0.1) is 18.5 Å². The Hall–Kier alpha value is -1.36. The number of carbonyl (C=O) groups is 2. The Morgan fingerprint density at radius 2 is 1.48 bits per heavy atom. The zero-order chi connectivity index (χ0) is 18.1. The molecule has 0 aliphatic rings. The van der Waals surface area contributed by atoms with Gasteiger partial charge in [0.15, 0.2) is 0 Å². The fraction of sp³-hybridized carbons (Fsp3) is 0.778. The highest BCUT2D eigenvalue weighted by molar-refractivity contribution is 5.86. The first-order chi connectivity index (χ1) is 10.6. The number of likely N-dealkylation sites (N-methyl/N-ethyl adjacent to an activating group) is 1. The van der Waals surface area contributed by atoms with Crippen molar-refractivity contribution in [2.75, 3.05) is 39.4 Å². The van der Waals surface area contributed by atoms with Gasteiger partial charge in [-0.3, -0.25) is 4.79 Å². The number of quaternary nitrogens is 1. The van der Waals surface area contributed by atoms with Crippen LogP contribution in [-0.4, -0.2) is 55.8 Å². The van der Waals surface area contributed by atoms with Crippen LogP contribution >= 0.6 is 0 Å². The molecule has 0 amide bonds. The lowest BCUT2D eigenvalue weighted by Crippen LogP contribution is -2.52. The number of esters is 2. The van der Waals surface area contributed by atoms with Gasteiger partial charge in [0.1, 0.15) is 26.3 Å². The molecule has 0 saturated carbocycles. The summed E-state index contributed by atoms with van der Waals surface area (Å²) in [5.41, 5.74) is -0.0303. The van der Waals surface area contributed by atoms with Gasteiger partial charge < -0.3 is 14.0 Å². The van der Waals surface area contributed by atoms with E-state index in [1.807, 2.05) is 20.8 Å². The largest absolute Gasteiger partial charge is 0.459 e. The molecular formula is C18H34NO4+. The van der Waals surface area contributed by atoms with Crippen LogP contribution in [0.1, 0.15) is 48.0 Å². The van der Waals surface area contributed by atoms with Crippen LogP contribution in [0.3, 0.4) is 0 Å². The second-order valence-corrected chi connectivity index (χ2v) is 6.71. The van der Waals surface area contributed by atoms with Gasteiger partial charge in [-0.2, -0.15) is 0 Å². The third-order valence-corrected chi connectivity index (χ3v) is 4.72. The third-order valence-electron chi connectivity index (χ3n) is 4.72. The van der Waals surface area contributed by atoms with E-state index in [0.717, 1.165) is 30.5 Å². The van der Waals surface area contributed by atoms with E-state index in [2.05, 4.69) is 20.4 Å². The lowest BCUT2D eigenvalue weighted by molar-refractivity contribution is -0.925. The predicted octanol–water partition coefficient (Wildman–Crippen LogP) is 2.94. The molecule has 134 valence electrons. The lowest BCUT2D eigenvalue weighted by Gasteiger charge is -2.36. The molecule has 0 aromatic carbocycles. The van der Waals surface area contributed by atoms with E-state index < -0.39 is 5.41 Å². The number of nitrogens with zero attached hydrogens (tertiary/aromatic N) is 1. The van der Waals surface area contributed by atoms with Crippen molar-refractivity contribution >= 4 is 11.9 Å². The van der Waals surface area contributed by atoms with Gasteiger partial charge in [-0.15, -0.1) is 0 Å². The van der Waals surface area contributed by atoms with Crippen molar-refractivity contribution in [3.63, 3.8) is 0 Å². The Kier molecular flexibility index (Phi) is 9.13. The van der Waals surface area contributed by atoms with Gasteiger partial charge in [0.25, 0.3) is 0 Å². The summed E-state index contributed by atoms with van der Waals surface area (Å²) in [6.45, 7) is 19.2. The Bertz CT molecular complexity index is 411. The average Bonchev–Trinajstić information content (AvgIpc) is 2.52. The summed E-state index contributed by atoms with van der Waals surface area (Å²) in [6, 6.07) is 0. The zero-order valence-electron chi connectivity index (χ0n) is 15.7. The van der Waals surface area contributed by atoms with Crippen LogP contribution in [-0.2, 0) is 19.1 Å². The maximum atomic E-state index is 12.0. The fourth-order valence-electron chi connectivity index (χ4n) is 2.09. The molecule has 0 unspecified atom stereocenters. The van der Waals surface area contributed by atoms with Crippen LogP contribution < -0.4 is 0 Å². The average molecular weight is 328 g/mol. The van der Waals surface area contributed by atoms with Crippen molar-refractivity contribution in [2.45, 2.75) is 48.0 Å². The molecular weight excluding hydrogens is 294 g/mol. The molecule has 0 aliphatic carbocycles. The van der Waals surface area contributed by atoms with Crippen LogP contribution in [0.2, 0.25) is 0 Å². The first-order valence-electron chi connectivity index (χ1n) is 8.49. The lowest BCUT2D eigenvalue weighted by atomic mass is 9.91. The highest BCUT2D eigenvalue weighted by atomic mass is 16.5. The van der Waals surface area contributed by atoms with Gasteiger partial charge in [-0.25, -0.2) is 4.79 Å². The molecule has 5 nitrogen and oxygen atoms in total. The first-order valence-corrected chi connectivity index (χ1v) is 8.49. The molecule has 0 fully saturated rings. The van der Waals surface area contributed by atoms with E-state index in [-0.39, 0.29) is 11.9 Å². The van der Waals surface area contributed by atoms with Crippen LogP contribution in [0.4, 0.5) is 0 Å². The topological polar surface area (TPSA) is 52.6 Å². The maximum Gasteiger partial charge on any atom is 0.333 e. The van der Waals surface area contributed by atoms with E-state index in [9.17, 15) is 9.59 Å². The van der Waals surface area contributed by atoms with Crippen molar-refractivity contribution in [1.82, 2.24) is 0 Å². The minimum absolute atomic E-state index is 0.154.